The first kappa shape index (κ1) is 15.0. The zero-order valence-electron chi connectivity index (χ0n) is 11.0. The van der Waals surface area contributed by atoms with E-state index in [2.05, 4.69) is 0 Å². The average molecular weight is 269 g/mol. The Morgan fingerprint density at radius 2 is 1.94 bits per heavy atom. The van der Waals surface area contributed by atoms with Crippen molar-refractivity contribution in [2.24, 2.45) is 5.73 Å². The first-order valence-electron chi connectivity index (χ1n) is 6.17. The lowest BCUT2D eigenvalue weighted by molar-refractivity contribution is -0.123. The number of carbonyl (C=O) groups is 1. The van der Waals surface area contributed by atoms with E-state index in [0.717, 1.165) is 36.9 Å². The molecule has 0 unspecified atom stereocenters. The lowest BCUT2D eigenvalue weighted by Gasteiger charge is -2.28. The zero-order chi connectivity index (χ0) is 12.5. The van der Waals surface area contributed by atoms with E-state index in [9.17, 15) is 4.79 Å². The summed E-state index contributed by atoms with van der Waals surface area (Å²) in [6.07, 6.45) is 3.73. The number of halogens is 1. The minimum absolute atomic E-state index is 0. The van der Waals surface area contributed by atoms with Crippen LogP contribution in [0.2, 0.25) is 0 Å². The Labute approximate surface area is 115 Å². The molecule has 0 aromatic heterocycles. The van der Waals surface area contributed by atoms with Crippen LogP contribution in [0.4, 0.5) is 5.69 Å². The Morgan fingerprint density at radius 3 is 2.50 bits per heavy atom. The van der Waals surface area contributed by atoms with Gasteiger partial charge >= 0.3 is 0 Å². The van der Waals surface area contributed by atoms with Crippen LogP contribution in [0.5, 0.6) is 0 Å². The maximum atomic E-state index is 12.4. The van der Waals surface area contributed by atoms with Crippen LogP contribution < -0.4 is 10.6 Å². The molecule has 0 bridgehead atoms. The maximum Gasteiger partial charge on any atom is 0.246 e. The fourth-order valence-corrected chi connectivity index (χ4v) is 2.51. The van der Waals surface area contributed by atoms with Crippen LogP contribution in [0, 0.1) is 6.92 Å². The third kappa shape index (κ3) is 2.85. The van der Waals surface area contributed by atoms with Gasteiger partial charge in [0.25, 0.3) is 0 Å². The van der Waals surface area contributed by atoms with Crippen molar-refractivity contribution in [3.8, 4) is 0 Å². The van der Waals surface area contributed by atoms with Crippen LogP contribution in [-0.2, 0) is 4.79 Å². The second-order valence-corrected chi connectivity index (χ2v) is 5.07. The summed E-state index contributed by atoms with van der Waals surface area (Å²) in [6, 6.07) is 7.95. The van der Waals surface area contributed by atoms with Gasteiger partial charge in [-0.05, 0) is 37.5 Å². The molecule has 0 radical (unpaired) electrons. The van der Waals surface area contributed by atoms with Crippen molar-refractivity contribution in [2.45, 2.75) is 38.1 Å². The molecular formula is C14H21ClN2O. The van der Waals surface area contributed by atoms with Gasteiger partial charge in [-0.1, -0.05) is 25.0 Å². The summed E-state index contributed by atoms with van der Waals surface area (Å²) in [5.74, 6) is 0.0422. The molecule has 18 heavy (non-hydrogen) atoms. The average Bonchev–Trinajstić information content (AvgIpc) is 2.75. The molecule has 1 saturated carbocycles. The van der Waals surface area contributed by atoms with Crippen molar-refractivity contribution in [3.63, 3.8) is 0 Å². The molecular weight excluding hydrogens is 248 g/mol. The number of hydrogen-bond acceptors (Lipinski definition) is 2. The van der Waals surface area contributed by atoms with E-state index < -0.39 is 5.54 Å². The summed E-state index contributed by atoms with van der Waals surface area (Å²) < 4.78 is 0. The van der Waals surface area contributed by atoms with Gasteiger partial charge < -0.3 is 10.6 Å². The number of benzene rings is 1. The minimum atomic E-state index is -0.640. The van der Waals surface area contributed by atoms with Gasteiger partial charge in [-0.25, -0.2) is 0 Å². The smallest absolute Gasteiger partial charge is 0.246 e. The molecule has 4 heteroatoms. The number of rotatable bonds is 2. The van der Waals surface area contributed by atoms with Crippen molar-refractivity contribution < 1.29 is 4.79 Å². The largest absolute Gasteiger partial charge is 0.317 e. The number of anilines is 1. The number of hydrogen-bond donors (Lipinski definition) is 1. The van der Waals surface area contributed by atoms with Gasteiger partial charge in [-0.15, -0.1) is 12.4 Å². The minimum Gasteiger partial charge on any atom is -0.317 e. The Hall–Kier alpha value is -1.06. The number of aryl methyl sites for hydroxylation is 1. The summed E-state index contributed by atoms with van der Waals surface area (Å²) in [5.41, 5.74) is 7.62. The molecule has 100 valence electrons. The molecule has 0 saturated heterocycles. The molecule has 0 aliphatic heterocycles. The van der Waals surface area contributed by atoms with E-state index >= 15 is 0 Å². The fraction of sp³-hybridized carbons (Fsp3) is 0.500. The quantitative estimate of drug-likeness (QED) is 0.896. The van der Waals surface area contributed by atoms with Crippen molar-refractivity contribution in [1.29, 1.82) is 0 Å². The summed E-state index contributed by atoms with van der Waals surface area (Å²) in [5, 5.41) is 0. The molecule has 1 aliphatic rings. The van der Waals surface area contributed by atoms with Gasteiger partial charge in [0.05, 0.1) is 5.54 Å². The molecule has 3 nitrogen and oxygen atoms in total. The van der Waals surface area contributed by atoms with Crippen molar-refractivity contribution in [2.75, 3.05) is 11.9 Å². The molecule has 0 spiro atoms. The molecule has 1 aromatic rings. The molecule has 1 aromatic carbocycles. The molecule has 2 rings (SSSR count). The van der Waals surface area contributed by atoms with E-state index in [1.807, 2.05) is 38.2 Å². The van der Waals surface area contributed by atoms with Gasteiger partial charge in [0.1, 0.15) is 0 Å². The Morgan fingerprint density at radius 1 is 1.33 bits per heavy atom. The predicted molar refractivity (Wildman–Crippen MR) is 77.2 cm³/mol. The SMILES string of the molecule is Cc1cccc(N(C)C(=O)C2(N)CCCC2)c1.Cl. The number of nitrogens with zero attached hydrogens (tertiary/aromatic N) is 1. The van der Waals surface area contributed by atoms with Gasteiger partial charge in [-0.3, -0.25) is 4.79 Å². The van der Waals surface area contributed by atoms with Gasteiger partial charge in [0.15, 0.2) is 0 Å². The second kappa shape index (κ2) is 5.72. The van der Waals surface area contributed by atoms with Crippen molar-refractivity contribution >= 4 is 24.0 Å². The van der Waals surface area contributed by atoms with Crippen LogP contribution in [0.25, 0.3) is 0 Å². The second-order valence-electron chi connectivity index (χ2n) is 5.07. The summed E-state index contributed by atoms with van der Waals surface area (Å²) in [7, 11) is 1.81. The monoisotopic (exact) mass is 268 g/mol. The number of amides is 1. The van der Waals surface area contributed by atoms with Crippen molar-refractivity contribution in [3.05, 3.63) is 29.8 Å². The molecule has 1 amide bonds. The highest BCUT2D eigenvalue weighted by Gasteiger charge is 2.39. The molecule has 1 fully saturated rings. The van der Waals surface area contributed by atoms with Crippen LogP contribution in [0.1, 0.15) is 31.2 Å². The van der Waals surface area contributed by atoms with E-state index in [0.29, 0.717) is 0 Å². The Balaban J connectivity index is 0.00000162. The van der Waals surface area contributed by atoms with E-state index in [4.69, 9.17) is 5.73 Å². The van der Waals surface area contributed by atoms with Gasteiger partial charge in [-0.2, -0.15) is 0 Å². The predicted octanol–water partition coefficient (Wildman–Crippen LogP) is 2.65. The third-order valence-corrected chi connectivity index (χ3v) is 3.62. The lowest BCUT2D eigenvalue weighted by atomic mass is 9.97. The van der Waals surface area contributed by atoms with Crippen LogP contribution >= 0.6 is 12.4 Å². The highest BCUT2D eigenvalue weighted by atomic mass is 35.5. The Bertz CT molecular complexity index is 428. The first-order chi connectivity index (χ1) is 8.03. The molecule has 2 N–H and O–H groups in total. The first-order valence-corrected chi connectivity index (χ1v) is 6.17. The van der Waals surface area contributed by atoms with Gasteiger partial charge in [0, 0.05) is 12.7 Å². The standard InChI is InChI=1S/C14H20N2O.ClH/c1-11-6-5-7-12(10-11)16(2)13(17)14(15)8-3-4-9-14;/h5-7,10H,3-4,8-9,15H2,1-2H3;1H. The normalized spacial score (nSPS) is 17.1. The Kier molecular flexibility index (Phi) is 4.77. The summed E-state index contributed by atoms with van der Waals surface area (Å²) in [6.45, 7) is 2.02. The van der Waals surface area contributed by atoms with E-state index in [-0.39, 0.29) is 18.3 Å². The van der Waals surface area contributed by atoms with E-state index in [1.165, 1.54) is 0 Å². The summed E-state index contributed by atoms with van der Waals surface area (Å²) in [4.78, 5) is 14.1. The third-order valence-electron chi connectivity index (χ3n) is 3.62. The van der Waals surface area contributed by atoms with Crippen LogP contribution in [0.15, 0.2) is 24.3 Å². The highest BCUT2D eigenvalue weighted by molar-refractivity contribution is 5.99. The van der Waals surface area contributed by atoms with Crippen molar-refractivity contribution in [1.82, 2.24) is 0 Å². The lowest BCUT2D eigenvalue weighted by Crippen LogP contribution is -2.52. The zero-order valence-corrected chi connectivity index (χ0v) is 11.8. The van der Waals surface area contributed by atoms with E-state index in [1.54, 1.807) is 4.90 Å². The molecule has 1 aliphatic carbocycles. The maximum absolute atomic E-state index is 12.4. The number of nitrogens with two attached hydrogens (primary N) is 1. The molecule has 0 atom stereocenters. The van der Waals surface area contributed by atoms with Gasteiger partial charge in [0.2, 0.25) is 5.91 Å². The van der Waals surface area contributed by atoms with Crippen LogP contribution in [-0.4, -0.2) is 18.5 Å². The molecule has 0 heterocycles. The number of likely N-dealkylation sites (N-methyl/N-ethyl adjacent to an activating group) is 1. The summed E-state index contributed by atoms with van der Waals surface area (Å²) >= 11 is 0. The topological polar surface area (TPSA) is 46.3 Å². The highest BCUT2D eigenvalue weighted by Crippen LogP contribution is 2.30. The fourth-order valence-electron chi connectivity index (χ4n) is 2.51. The van der Waals surface area contributed by atoms with Crippen LogP contribution in [0.3, 0.4) is 0 Å². The number of carbonyl (C=O) groups excluding carboxylic acids is 1.